The number of rotatable bonds is 0. The van der Waals surface area contributed by atoms with E-state index in [9.17, 15) is 0 Å². The third-order valence-electron chi connectivity index (χ3n) is 5.05. The Bertz CT molecular complexity index is 563. The molecule has 4 rings (SSSR count). The zero-order valence-electron chi connectivity index (χ0n) is 11.3. The molecule has 0 aromatic carbocycles. The molecule has 0 aromatic rings. The Morgan fingerprint density at radius 3 is 2.95 bits per heavy atom. The van der Waals surface area contributed by atoms with Crippen LogP contribution in [0, 0.1) is 17.8 Å². The molecule has 3 atom stereocenters. The van der Waals surface area contributed by atoms with Crippen molar-refractivity contribution in [2.24, 2.45) is 17.8 Å². The van der Waals surface area contributed by atoms with E-state index >= 15 is 0 Å². The molecule has 0 heteroatoms. The summed E-state index contributed by atoms with van der Waals surface area (Å²) >= 11 is 0. The fourth-order valence-electron chi connectivity index (χ4n) is 4.27. The standard InChI is InChI=1S/C19H20/c1-2-8-14-9-4-5-13-18-16-11-7-6-10-15(16)17(12-3-1)19(14)18/h1-5,7-8,11-12,15-16,18H,6,9-10,13H2/b2-1+,3-1?,8-2?,12-3?,14-8-,17-12?. The van der Waals surface area contributed by atoms with Gasteiger partial charge in [-0.1, -0.05) is 54.7 Å². The van der Waals surface area contributed by atoms with Gasteiger partial charge < -0.3 is 0 Å². The lowest BCUT2D eigenvalue weighted by Gasteiger charge is -2.26. The first-order chi connectivity index (χ1) is 9.45. The summed E-state index contributed by atoms with van der Waals surface area (Å²) in [5.41, 5.74) is 4.86. The molecule has 0 fully saturated rings. The van der Waals surface area contributed by atoms with Crippen LogP contribution in [0.2, 0.25) is 0 Å². The number of allylic oxidation sites excluding steroid dienone is 12. The zero-order valence-corrected chi connectivity index (χ0v) is 11.3. The van der Waals surface area contributed by atoms with Crippen molar-refractivity contribution in [3.05, 3.63) is 71.4 Å². The Morgan fingerprint density at radius 1 is 0.947 bits per heavy atom. The molecule has 19 heavy (non-hydrogen) atoms. The van der Waals surface area contributed by atoms with E-state index in [2.05, 4.69) is 54.7 Å². The quantitative estimate of drug-likeness (QED) is 0.535. The van der Waals surface area contributed by atoms with Crippen molar-refractivity contribution >= 4 is 0 Å². The van der Waals surface area contributed by atoms with Gasteiger partial charge in [-0.05, 0) is 60.2 Å². The molecule has 4 aliphatic rings. The van der Waals surface area contributed by atoms with Gasteiger partial charge in [0.25, 0.3) is 0 Å². The summed E-state index contributed by atoms with van der Waals surface area (Å²) in [4.78, 5) is 0. The smallest absolute Gasteiger partial charge is 0.00529 e. The van der Waals surface area contributed by atoms with Crippen molar-refractivity contribution in [3.63, 3.8) is 0 Å². The maximum atomic E-state index is 2.50. The Labute approximate surface area is 115 Å². The van der Waals surface area contributed by atoms with E-state index < -0.39 is 0 Å². The summed E-state index contributed by atoms with van der Waals surface area (Å²) < 4.78 is 0. The average Bonchev–Trinajstić information content (AvgIpc) is 2.58. The van der Waals surface area contributed by atoms with Crippen LogP contribution in [0.15, 0.2) is 71.4 Å². The molecule has 0 bridgehead atoms. The van der Waals surface area contributed by atoms with Crippen LogP contribution in [-0.2, 0) is 0 Å². The van der Waals surface area contributed by atoms with Crippen LogP contribution in [-0.4, -0.2) is 0 Å². The van der Waals surface area contributed by atoms with Gasteiger partial charge in [0, 0.05) is 0 Å². The van der Waals surface area contributed by atoms with Crippen LogP contribution in [0.1, 0.15) is 25.7 Å². The molecule has 0 spiro atoms. The van der Waals surface area contributed by atoms with E-state index in [0.29, 0.717) is 0 Å². The fourth-order valence-corrected chi connectivity index (χ4v) is 4.27. The summed E-state index contributed by atoms with van der Waals surface area (Å²) in [6.07, 6.45) is 25.9. The molecule has 96 valence electrons. The highest BCUT2D eigenvalue weighted by Gasteiger charge is 2.41. The molecular weight excluding hydrogens is 228 g/mol. The van der Waals surface area contributed by atoms with Gasteiger partial charge in [0.05, 0.1) is 0 Å². The topological polar surface area (TPSA) is 0 Å². The van der Waals surface area contributed by atoms with Gasteiger partial charge in [0.1, 0.15) is 0 Å². The summed E-state index contributed by atoms with van der Waals surface area (Å²) in [5.74, 6) is 2.23. The van der Waals surface area contributed by atoms with Crippen molar-refractivity contribution in [1.82, 2.24) is 0 Å². The van der Waals surface area contributed by atoms with Gasteiger partial charge in [-0.2, -0.15) is 0 Å². The Morgan fingerprint density at radius 2 is 1.95 bits per heavy atom. The Hall–Kier alpha value is -1.56. The molecule has 0 heterocycles. The van der Waals surface area contributed by atoms with Crippen LogP contribution < -0.4 is 0 Å². The zero-order chi connectivity index (χ0) is 12.7. The number of hydrogen-bond acceptors (Lipinski definition) is 0. The van der Waals surface area contributed by atoms with Crippen LogP contribution >= 0.6 is 0 Å². The molecule has 0 amide bonds. The van der Waals surface area contributed by atoms with Gasteiger partial charge in [0.15, 0.2) is 0 Å². The minimum Gasteiger partial charge on any atom is -0.0882 e. The lowest BCUT2D eigenvalue weighted by Crippen LogP contribution is -2.18. The van der Waals surface area contributed by atoms with Crippen LogP contribution in [0.3, 0.4) is 0 Å². The molecular formula is C19H20. The SMILES string of the molecule is C1=CC2=C3/C(=C\C=C\1)CC=CCC3C1C=CCCC21. The first kappa shape index (κ1) is 11.3. The third-order valence-corrected chi connectivity index (χ3v) is 5.05. The highest BCUT2D eigenvalue weighted by Crippen LogP contribution is 2.52. The predicted octanol–water partition coefficient (Wildman–Crippen LogP) is 4.90. The van der Waals surface area contributed by atoms with Gasteiger partial charge in [-0.25, -0.2) is 0 Å². The molecule has 0 saturated heterocycles. The maximum absolute atomic E-state index is 2.50. The first-order valence-electron chi connectivity index (χ1n) is 7.55. The average molecular weight is 248 g/mol. The van der Waals surface area contributed by atoms with Crippen LogP contribution in [0.4, 0.5) is 0 Å². The van der Waals surface area contributed by atoms with E-state index in [1.165, 1.54) is 19.3 Å². The predicted molar refractivity (Wildman–Crippen MR) is 80.6 cm³/mol. The summed E-state index contributed by atoms with van der Waals surface area (Å²) in [6, 6.07) is 0. The van der Waals surface area contributed by atoms with Crippen molar-refractivity contribution in [2.45, 2.75) is 25.7 Å². The van der Waals surface area contributed by atoms with Crippen molar-refractivity contribution in [2.75, 3.05) is 0 Å². The van der Waals surface area contributed by atoms with E-state index in [0.717, 1.165) is 24.2 Å². The normalized spacial score (nSPS) is 39.8. The molecule has 0 saturated carbocycles. The van der Waals surface area contributed by atoms with Gasteiger partial charge in [-0.15, -0.1) is 0 Å². The molecule has 0 nitrogen and oxygen atoms in total. The largest absolute Gasteiger partial charge is 0.0882 e. The molecule has 0 aliphatic heterocycles. The van der Waals surface area contributed by atoms with E-state index in [1.807, 2.05) is 0 Å². The maximum Gasteiger partial charge on any atom is -0.00529 e. The highest BCUT2D eigenvalue weighted by molar-refractivity contribution is 5.53. The molecule has 4 aliphatic carbocycles. The summed E-state index contributed by atoms with van der Waals surface area (Å²) in [5, 5.41) is 0. The van der Waals surface area contributed by atoms with E-state index in [-0.39, 0.29) is 0 Å². The van der Waals surface area contributed by atoms with Gasteiger partial charge in [0.2, 0.25) is 0 Å². The highest BCUT2D eigenvalue weighted by atomic mass is 14.4. The lowest BCUT2D eigenvalue weighted by molar-refractivity contribution is 0.366. The monoisotopic (exact) mass is 248 g/mol. The number of hydrogen-bond donors (Lipinski definition) is 0. The van der Waals surface area contributed by atoms with E-state index in [4.69, 9.17) is 0 Å². The summed E-state index contributed by atoms with van der Waals surface area (Å²) in [7, 11) is 0. The number of fused-ring (bicyclic) bond motifs is 3. The lowest BCUT2D eigenvalue weighted by atomic mass is 9.78. The Balaban J connectivity index is 1.89. The minimum atomic E-state index is 0.720. The van der Waals surface area contributed by atoms with Crippen molar-refractivity contribution in [3.8, 4) is 0 Å². The minimum absolute atomic E-state index is 0.720. The second-order valence-corrected chi connectivity index (χ2v) is 6.01. The van der Waals surface area contributed by atoms with Crippen LogP contribution in [0.5, 0.6) is 0 Å². The second kappa shape index (κ2) is 4.52. The van der Waals surface area contributed by atoms with Crippen molar-refractivity contribution < 1.29 is 0 Å². The second-order valence-electron chi connectivity index (χ2n) is 6.01. The van der Waals surface area contributed by atoms with Crippen LogP contribution in [0.25, 0.3) is 0 Å². The molecule has 0 radical (unpaired) electrons. The third kappa shape index (κ3) is 1.74. The van der Waals surface area contributed by atoms with E-state index in [1.54, 1.807) is 16.7 Å². The van der Waals surface area contributed by atoms with Crippen molar-refractivity contribution in [1.29, 1.82) is 0 Å². The molecule has 0 N–H and O–H groups in total. The molecule has 3 unspecified atom stereocenters. The van der Waals surface area contributed by atoms with Gasteiger partial charge >= 0.3 is 0 Å². The van der Waals surface area contributed by atoms with Gasteiger partial charge in [-0.3, -0.25) is 0 Å². The Kier molecular flexibility index (Phi) is 2.69. The summed E-state index contributed by atoms with van der Waals surface area (Å²) in [6.45, 7) is 0. The molecule has 0 aromatic heterocycles. The fraction of sp³-hybridized carbons (Fsp3) is 0.368. The first-order valence-corrected chi connectivity index (χ1v) is 7.55.